The minimum atomic E-state index is -0.467. The van der Waals surface area contributed by atoms with Crippen molar-refractivity contribution in [3.05, 3.63) is 33.8 Å². The van der Waals surface area contributed by atoms with Gasteiger partial charge in [0.25, 0.3) is 0 Å². The standard InChI is InChI=1S/C14H19Cl2NO/c1-5-14(2,17(3)4)12(18)9-10-7-6-8-11(15)13(10)16/h6-8H,5,9H2,1-4H3. The van der Waals surface area contributed by atoms with Crippen LogP contribution in [-0.2, 0) is 11.2 Å². The number of carbonyl (C=O) groups is 1. The fourth-order valence-electron chi connectivity index (χ4n) is 1.81. The van der Waals surface area contributed by atoms with E-state index in [-0.39, 0.29) is 5.78 Å². The zero-order valence-corrected chi connectivity index (χ0v) is 12.8. The van der Waals surface area contributed by atoms with Crippen LogP contribution in [0.1, 0.15) is 25.8 Å². The fraction of sp³-hybridized carbons (Fsp3) is 0.500. The first-order chi connectivity index (χ1) is 8.32. The van der Waals surface area contributed by atoms with Gasteiger partial charge in [0.15, 0.2) is 5.78 Å². The lowest BCUT2D eigenvalue weighted by Crippen LogP contribution is -2.48. The van der Waals surface area contributed by atoms with Crippen LogP contribution in [-0.4, -0.2) is 30.3 Å². The SMILES string of the molecule is CCC(C)(C(=O)Cc1cccc(Cl)c1Cl)N(C)C. The molecule has 1 aromatic rings. The van der Waals surface area contributed by atoms with Crippen LogP contribution in [0.15, 0.2) is 18.2 Å². The number of halogens is 2. The molecule has 1 rings (SSSR count). The van der Waals surface area contributed by atoms with Crippen LogP contribution in [0.5, 0.6) is 0 Å². The number of ketones is 1. The maximum absolute atomic E-state index is 12.4. The molecule has 2 nitrogen and oxygen atoms in total. The topological polar surface area (TPSA) is 20.3 Å². The second kappa shape index (κ2) is 6.05. The second-order valence-electron chi connectivity index (χ2n) is 4.83. The summed E-state index contributed by atoms with van der Waals surface area (Å²) in [4.78, 5) is 14.4. The van der Waals surface area contributed by atoms with Gasteiger partial charge in [0.05, 0.1) is 15.6 Å². The summed E-state index contributed by atoms with van der Waals surface area (Å²) >= 11 is 12.1. The average molecular weight is 288 g/mol. The summed E-state index contributed by atoms with van der Waals surface area (Å²) in [7, 11) is 3.84. The number of rotatable bonds is 5. The molecule has 1 aromatic carbocycles. The molecule has 0 aliphatic rings. The smallest absolute Gasteiger partial charge is 0.157 e. The van der Waals surface area contributed by atoms with Crippen molar-refractivity contribution in [3.8, 4) is 0 Å². The minimum absolute atomic E-state index is 0.152. The van der Waals surface area contributed by atoms with Gasteiger partial charge in [-0.05, 0) is 39.1 Å². The van der Waals surface area contributed by atoms with Gasteiger partial charge >= 0.3 is 0 Å². The summed E-state index contributed by atoms with van der Waals surface area (Å²) in [6.45, 7) is 3.96. The van der Waals surface area contributed by atoms with Crippen molar-refractivity contribution in [2.45, 2.75) is 32.2 Å². The first kappa shape index (κ1) is 15.5. The Balaban J connectivity index is 2.97. The Bertz CT molecular complexity index is 445. The zero-order valence-electron chi connectivity index (χ0n) is 11.3. The van der Waals surface area contributed by atoms with Crippen molar-refractivity contribution in [1.82, 2.24) is 4.90 Å². The Morgan fingerprint density at radius 3 is 2.44 bits per heavy atom. The molecular weight excluding hydrogens is 269 g/mol. The van der Waals surface area contributed by atoms with Crippen LogP contribution in [0.4, 0.5) is 0 Å². The summed E-state index contributed by atoms with van der Waals surface area (Å²) in [5, 5.41) is 0.967. The molecule has 0 amide bonds. The van der Waals surface area contributed by atoms with E-state index in [1.54, 1.807) is 6.07 Å². The molecule has 0 radical (unpaired) electrons. The van der Waals surface area contributed by atoms with Gasteiger partial charge in [-0.3, -0.25) is 9.69 Å². The molecule has 0 aliphatic heterocycles. The third-order valence-electron chi connectivity index (χ3n) is 3.66. The quantitative estimate of drug-likeness (QED) is 0.820. The molecule has 0 heterocycles. The third-order valence-corrected chi connectivity index (χ3v) is 4.52. The average Bonchev–Trinajstić information content (AvgIpc) is 2.33. The largest absolute Gasteiger partial charge is 0.297 e. The van der Waals surface area contributed by atoms with Gasteiger partial charge in [-0.1, -0.05) is 42.3 Å². The minimum Gasteiger partial charge on any atom is -0.297 e. The first-order valence-corrected chi connectivity index (χ1v) is 6.72. The lowest BCUT2D eigenvalue weighted by molar-refractivity contribution is -0.128. The number of benzene rings is 1. The highest BCUT2D eigenvalue weighted by Crippen LogP contribution is 2.28. The van der Waals surface area contributed by atoms with Crippen molar-refractivity contribution in [2.75, 3.05) is 14.1 Å². The maximum atomic E-state index is 12.4. The van der Waals surface area contributed by atoms with Gasteiger partial charge in [-0.25, -0.2) is 0 Å². The highest BCUT2D eigenvalue weighted by atomic mass is 35.5. The molecule has 0 saturated heterocycles. The van der Waals surface area contributed by atoms with Crippen LogP contribution >= 0.6 is 23.2 Å². The van der Waals surface area contributed by atoms with Gasteiger partial charge in [-0.2, -0.15) is 0 Å². The van der Waals surface area contributed by atoms with Crippen LogP contribution in [0.25, 0.3) is 0 Å². The van der Waals surface area contributed by atoms with E-state index >= 15 is 0 Å². The van der Waals surface area contributed by atoms with E-state index in [4.69, 9.17) is 23.2 Å². The molecule has 0 aromatic heterocycles. The number of nitrogens with zero attached hydrogens (tertiary/aromatic N) is 1. The number of Topliss-reactive ketones (excluding diaryl/α,β-unsaturated/α-hetero) is 1. The summed E-state index contributed by atoms with van der Waals surface area (Å²) in [5.74, 6) is 0.152. The molecule has 0 saturated carbocycles. The molecule has 0 aliphatic carbocycles. The van der Waals surface area contributed by atoms with E-state index in [0.717, 1.165) is 12.0 Å². The predicted molar refractivity (Wildman–Crippen MR) is 77.6 cm³/mol. The van der Waals surface area contributed by atoms with Crippen molar-refractivity contribution in [1.29, 1.82) is 0 Å². The molecule has 1 atom stereocenters. The van der Waals surface area contributed by atoms with Crippen molar-refractivity contribution in [3.63, 3.8) is 0 Å². The molecule has 4 heteroatoms. The van der Waals surface area contributed by atoms with E-state index < -0.39 is 5.54 Å². The van der Waals surface area contributed by atoms with E-state index in [2.05, 4.69) is 0 Å². The fourth-order valence-corrected chi connectivity index (χ4v) is 2.20. The lowest BCUT2D eigenvalue weighted by atomic mass is 9.88. The Hall–Kier alpha value is -0.570. The van der Waals surface area contributed by atoms with E-state index in [0.29, 0.717) is 16.5 Å². The lowest BCUT2D eigenvalue weighted by Gasteiger charge is -2.34. The predicted octanol–water partition coefficient (Wildman–Crippen LogP) is 3.84. The molecule has 18 heavy (non-hydrogen) atoms. The Morgan fingerprint density at radius 2 is 1.94 bits per heavy atom. The normalized spacial score (nSPS) is 14.6. The molecular formula is C14H19Cl2NO. The molecule has 0 N–H and O–H groups in total. The number of likely N-dealkylation sites (N-methyl/N-ethyl adjacent to an activating group) is 1. The Labute approximate surface area is 119 Å². The highest BCUT2D eigenvalue weighted by molar-refractivity contribution is 6.42. The monoisotopic (exact) mass is 287 g/mol. The van der Waals surface area contributed by atoms with Gasteiger partial charge < -0.3 is 0 Å². The summed E-state index contributed by atoms with van der Waals surface area (Å²) in [6, 6.07) is 5.39. The first-order valence-electron chi connectivity index (χ1n) is 5.96. The zero-order chi connectivity index (χ0) is 13.9. The van der Waals surface area contributed by atoms with Crippen LogP contribution in [0.2, 0.25) is 10.0 Å². The second-order valence-corrected chi connectivity index (χ2v) is 5.62. The van der Waals surface area contributed by atoms with Crippen LogP contribution in [0, 0.1) is 0 Å². The highest BCUT2D eigenvalue weighted by Gasteiger charge is 2.33. The molecule has 0 spiro atoms. The van der Waals surface area contributed by atoms with E-state index in [1.807, 2.05) is 45.0 Å². The summed E-state index contributed by atoms with van der Waals surface area (Å²) in [5.41, 5.74) is 0.321. The number of carbonyl (C=O) groups excluding carboxylic acids is 1. The number of hydrogen-bond donors (Lipinski definition) is 0. The molecule has 1 unspecified atom stereocenters. The van der Waals surface area contributed by atoms with Gasteiger partial charge in [0, 0.05) is 6.42 Å². The maximum Gasteiger partial charge on any atom is 0.157 e. The molecule has 100 valence electrons. The molecule has 0 fully saturated rings. The van der Waals surface area contributed by atoms with Gasteiger partial charge in [0.2, 0.25) is 0 Å². The van der Waals surface area contributed by atoms with Crippen molar-refractivity contribution >= 4 is 29.0 Å². The van der Waals surface area contributed by atoms with Crippen molar-refractivity contribution in [2.24, 2.45) is 0 Å². The summed E-state index contributed by atoms with van der Waals surface area (Å²) < 4.78 is 0. The number of hydrogen-bond acceptors (Lipinski definition) is 2. The Morgan fingerprint density at radius 1 is 1.33 bits per heavy atom. The Kier molecular flexibility index (Phi) is 5.20. The van der Waals surface area contributed by atoms with Gasteiger partial charge in [0.1, 0.15) is 0 Å². The summed E-state index contributed by atoms with van der Waals surface area (Å²) in [6.07, 6.45) is 1.07. The third kappa shape index (κ3) is 3.05. The molecule has 0 bridgehead atoms. The van der Waals surface area contributed by atoms with Gasteiger partial charge in [-0.15, -0.1) is 0 Å². The van der Waals surface area contributed by atoms with Crippen LogP contribution < -0.4 is 0 Å². The van der Waals surface area contributed by atoms with Crippen molar-refractivity contribution < 1.29 is 4.79 Å². The van der Waals surface area contributed by atoms with Crippen LogP contribution in [0.3, 0.4) is 0 Å². The van der Waals surface area contributed by atoms with E-state index in [1.165, 1.54) is 0 Å². The van der Waals surface area contributed by atoms with E-state index in [9.17, 15) is 4.79 Å².